The molecule has 0 radical (unpaired) electrons. The summed E-state index contributed by atoms with van der Waals surface area (Å²) in [7, 11) is -4.24. The third kappa shape index (κ3) is 8.46. The van der Waals surface area contributed by atoms with Crippen LogP contribution in [-0.4, -0.2) is 18.1 Å². The summed E-state index contributed by atoms with van der Waals surface area (Å²) in [5, 5.41) is 10.0. The molecule has 0 amide bonds. The lowest BCUT2D eigenvalue weighted by Crippen LogP contribution is -1.97. The van der Waals surface area contributed by atoms with Crippen LogP contribution in [0.1, 0.15) is 70.3 Å². The molecule has 6 heteroatoms. The van der Waals surface area contributed by atoms with Gasteiger partial charge in [0.25, 0.3) is 10.1 Å². The molecular weight excluding hydrogens is 388 g/mol. The normalized spacial score (nSPS) is 11.5. The highest BCUT2D eigenvalue weighted by molar-refractivity contribution is 7.85. The Morgan fingerprint density at radius 1 is 0.828 bits per heavy atom. The molecule has 0 spiro atoms. The summed E-state index contributed by atoms with van der Waals surface area (Å²) in [5.74, 6) is 0.741. The van der Waals surface area contributed by atoms with Gasteiger partial charge in [-0.3, -0.25) is 4.55 Å². The molecule has 0 aliphatic carbocycles. The number of ether oxygens (including phenoxy) is 1. The number of rotatable bonds is 13. The van der Waals surface area contributed by atoms with Gasteiger partial charge in [-0.1, -0.05) is 64.4 Å². The molecule has 0 bridgehead atoms. The quantitative estimate of drug-likeness (QED) is 0.285. The summed E-state index contributed by atoms with van der Waals surface area (Å²) < 4.78 is 36.9. The Kier molecular flexibility index (Phi) is 9.48. The third-order valence-electron chi connectivity index (χ3n) is 4.94. The first-order chi connectivity index (χ1) is 13.9. The molecule has 2 aromatic rings. The number of benzene rings is 2. The maximum absolute atomic E-state index is 11.1. The monoisotopic (exact) mass is 420 g/mol. The van der Waals surface area contributed by atoms with Gasteiger partial charge in [-0.05, 0) is 54.8 Å². The highest BCUT2D eigenvalue weighted by Gasteiger charge is 2.10. The van der Waals surface area contributed by atoms with Gasteiger partial charge in [-0.25, -0.2) is 0 Å². The molecule has 2 N–H and O–H groups in total. The Balaban J connectivity index is 1.80. The van der Waals surface area contributed by atoms with Crippen LogP contribution in [-0.2, 0) is 16.5 Å². The zero-order valence-electron chi connectivity index (χ0n) is 17.1. The Bertz CT molecular complexity index is 844. The molecule has 0 saturated heterocycles. The van der Waals surface area contributed by atoms with E-state index in [0.29, 0.717) is 11.5 Å². The SMILES string of the molecule is CCCCCCCCCCCc1ccc(O)c(Oc2ccc(S(=O)(=O)O)cc2)c1. The first-order valence-corrected chi connectivity index (χ1v) is 11.9. The second kappa shape index (κ2) is 11.8. The lowest BCUT2D eigenvalue weighted by molar-refractivity contribution is 0.410. The zero-order chi connectivity index (χ0) is 21.1. The standard InChI is InChI=1S/C23H32O5S/c1-2-3-4-5-6-7-8-9-10-11-19-12-17-22(24)23(18-19)28-20-13-15-21(16-14-20)29(25,26)27/h12-18,24H,2-11H2,1H3,(H,25,26,27). The molecular formula is C23H32O5S. The van der Waals surface area contributed by atoms with Crippen molar-refractivity contribution in [2.75, 3.05) is 0 Å². The highest BCUT2D eigenvalue weighted by Crippen LogP contribution is 2.32. The molecule has 0 aliphatic rings. The summed E-state index contributed by atoms with van der Waals surface area (Å²) in [4.78, 5) is -0.201. The minimum absolute atomic E-state index is 0.0275. The number of aromatic hydroxyl groups is 1. The van der Waals surface area contributed by atoms with E-state index in [2.05, 4.69) is 6.92 Å². The van der Waals surface area contributed by atoms with Crippen LogP contribution >= 0.6 is 0 Å². The van der Waals surface area contributed by atoms with E-state index >= 15 is 0 Å². The molecule has 0 atom stereocenters. The predicted octanol–water partition coefficient (Wildman–Crippen LogP) is 6.50. The van der Waals surface area contributed by atoms with Crippen molar-refractivity contribution in [1.82, 2.24) is 0 Å². The molecule has 29 heavy (non-hydrogen) atoms. The fourth-order valence-corrected chi connectivity index (χ4v) is 3.72. The Morgan fingerprint density at radius 3 is 2.00 bits per heavy atom. The van der Waals surface area contributed by atoms with Crippen LogP contribution < -0.4 is 4.74 Å². The van der Waals surface area contributed by atoms with Crippen molar-refractivity contribution in [3.8, 4) is 17.2 Å². The summed E-state index contributed by atoms with van der Waals surface area (Å²) in [6.45, 7) is 2.24. The number of hydrogen-bond acceptors (Lipinski definition) is 4. The van der Waals surface area contributed by atoms with Gasteiger partial charge in [0.2, 0.25) is 0 Å². The van der Waals surface area contributed by atoms with Gasteiger partial charge in [0.05, 0.1) is 4.90 Å². The zero-order valence-corrected chi connectivity index (χ0v) is 18.0. The smallest absolute Gasteiger partial charge is 0.294 e. The number of unbranched alkanes of at least 4 members (excludes halogenated alkanes) is 8. The summed E-state index contributed by atoms with van der Waals surface area (Å²) >= 11 is 0. The summed E-state index contributed by atoms with van der Waals surface area (Å²) in [6, 6.07) is 10.7. The van der Waals surface area contributed by atoms with E-state index in [1.54, 1.807) is 6.07 Å². The van der Waals surface area contributed by atoms with Crippen LogP contribution in [0.25, 0.3) is 0 Å². The second-order valence-electron chi connectivity index (χ2n) is 7.43. The van der Waals surface area contributed by atoms with Crippen LogP contribution in [0.5, 0.6) is 17.2 Å². The molecule has 0 saturated carbocycles. The van der Waals surface area contributed by atoms with E-state index in [-0.39, 0.29) is 10.6 Å². The Labute approximate surface area is 174 Å². The number of aryl methyl sites for hydroxylation is 1. The van der Waals surface area contributed by atoms with Gasteiger partial charge < -0.3 is 9.84 Å². The van der Waals surface area contributed by atoms with Gasteiger partial charge in [0, 0.05) is 0 Å². The van der Waals surface area contributed by atoms with Crippen molar-refractivity contribution in [1.29, 1.82) is 0 Å². The molecule has 0 aromatic heterocycles. The van der Waals surface area contributed by atoms with Crippen LogP contribution in [0.4, 0.5) is 0 Å². The van der Waals surface area contributed by atoms with Crippen molar-refractivity contribution in [3.63, 3.8) is 0 Å². The van der Waals surface area contributed by atoms with E-state index in [9.17, 15) is 13.5 Å². The summed E-state index contributed by atoms with van der Waals surface area (Å²) in [6.07, 6.45) is 12.4. The fourth-order valence-electron chi connectivity index (χ4n) is 3.24. The first-order valence-electron chi connectivity index (χ1n) is 10.5. The highest BCUT2D eigenvalue weighted by atomic mass is 32.2. The van der Waals surface area contributed by atoms with E-state index < -0.39 is 10.1 Å². The van der Waals surface area contributed by atoms with E-state index in [4.69, 9.17) is 9.29 Å². The van der Waals surface area contributed by atoms with Crippen molar-refractivity contribution < 1.29 is 22.8 Å². The first kappa shape index (κ1) is 23.2. The largest absolute Gasteiger partial charge is 0.504 e. The molecule has 5 nitrogen and oxygen atoms in total. The van der Waals surface area contributed by atoms with Crippen LogP contribution in [0, 0.1) is 0 Å². The van der Waals surface area contributed by atoms with Gasteiger partial charge in [-0.2, -0.15) is 8.42 Å². The molecule has 2 aromatic carbocycles. The Morgan fingerprint density at radius 2 is 1.41 bits per heavy atom. The van der Waals surface area contributed by atoms with Crippen molar-refractivity contribution >= 4 is 10.1 Å². The van der Waals surface area contributed by atoms with Crippen molar-refractivity contribution in [2.45, 2.75) is 76.0 Å². The maximum atomic E-state index is 11.1. The minimum atomic E-state index is -4.24. The average Bonchev–Trinajstić information content (AvgIpc) is 2.69. The topological polar surface area (TPSA) is 83.8 Å². The molecule has 160 valence electrons. The lowest BCUT2D eigenvalue weighted by Gasteiger charge is -2.10. The van der Waals surface area contributed by atoms with Crippen LogP contribution in [0.3, 0.4) is 0 Å². The molecule has 0 unspecified atom stereocenters. The molecule has 2 rings (SSSR count). The van der Waals surface area contributed by atoms with Crippen molar-refractivity contribution in [3.05, 3.63) is 48.0 Å². The molecule has 0 fully saturated rings. The van der Waals surface area contributed by atoms with Gasteiger partial charge >= 0.3 is 0 Å². The second-order valence-corrected chi connectivity index (χ2v) is 8.85. The van der Waals surface area contributed by atoms with Gasteiger partial charge in [0.1, 0.15) is 5.75 Å². The van der Waals surface area contributed by atoms with Crippen molar-refractivity contribution in [2.24, 2.45) is 0 Å². The Hall–Kier alpha value is -2.05. The fraction of sp³-hybridized carbons (Fsp3) is 0.478. The van der Waals surface area contributed by atoms with E-state index in [1.165, 1.54) is 75.6 Å². The van der Waals surface area contributed by atoms with E-state index in [1.807, 2.05) is 12.1 Å². The predicted molar refractivity (Wildman–Crippen MR) is 115 cm³/mol. The third-order valence-corrected chi connectivity index (χ3v) is 5.81. The molecule has 0 aliphatic heterocycles. The minimum Gasteiger partial charge on any atom is -0.504 e. The van der Waals surface area contributed by atoms with E-state index in [0.717, 1.165) is 18.4 Å². The van der Waals surface area contributed by atoms with Gasteiger partial charge in [0.15, 0.2) is 11.5 Å². The van der Waals surface area contributed by atoms with Gasteiger partial charge in [-0.15, -0.1) is 0 Å². The lowest BCUT2D eigenvalue weighted by atomic mass is 10.0. The van der Waals surface area contributed by atoms with Crippen LogP contribution in [0.2, 0.25) is 0 Å². The van der Waals surface area contributed by atoms with Crippen LogP contribution in [0.15, 0.2) is 47.4 Å². The number of hydrogen-bond donors (Lipinski definition) is 2. The maximum Gasteiger partial charge on any atom is 0.294 e. The number of phenols is 1. The molecule has 0 heterocycles. The average molecular weight is 421 g/mol. The summed E-state index contributed by atoms with van der Waals surface area (Å²) in [5.41, 5.74) is 1.09. The number of phenolic OH excluding ortho intramolecular Hbond substituents is 1.